The minimum absolute atomic E-state index is 0.464. The fourth-order valence-corrected chi connectivity index (χ4v) is 2.28. The molecule has 0 aromatic heterocycles. The van der Waals surface area contributed by atoms with Crippen molar-refractivity contribution in [1.29, 1.82) is 0 Å². The van der Waals surface area contributed by atoms with E-state index in [9.17, 15) is 5.11 Å². The molecule has 1 aliphatic carbocycles. The summed E-state index contributed by atoms with van der Waals surface area (Å²) in [5.74, 6) is 0. The lowest BCUT2D eigenvalue weighted by molar-refractivity contribution is 0.0475. The average Bonchev–Trinajstić information content (AvgIpc) is 2.69. The van der Waals surface area contributed by atoms with Crippen molar-refractivity contribution in [2.45, 2.75) is 37.8 Å². The smallest absolute Gasteiger partial charge is 0.0771 e. The highest BCUT2D eigenvalue weighted by molar-refractivity contribution is 5.39. The van der Waals surface area contributed by atoms with E-state index in [1.165, 1.54) is 5.56 Å². The molecule has 0 unspecified atom stereocenters. The van der Waals surface area contributed by atoms with Gasteiger partial charge in [0.25, 0.3) is 0 Å². The summed E-state index contributed by atoms with van der Waals surface area (Å²) >= 11 is 0. The summed E-state index contributed by atoms with van der Waals surface area (Å²) < 4.78 is 0. The van der Waals surface area contributed by atoms with Gasteiger partial charge in [0, 0.05) is 18.8 Å². The Bertz CT molecular complexity index is 328. The molecule has 0 bridgehead atoms. The predicted molar refractivity (Wildman–Crippen MR) is 66.0 cm³/mol. The highest BCUT2D eigenvalue weighted by Crippen LogP contribution is 2.28. The standard InChI is InChI=1S/C13H20N2O/c14-12-5-3-11(4-6-12)9-15-10-13(16)7-1-2-8-13/h3-6,15-16H,1-2,7-10,14H2. The second-order valence-corrected chi connectivity index (χ2v) is 4.78. The topological polar surface area (TPSA) is 58.3 Å². The Morgan fingerprint density at radius 1 is 1.19 bits per heavy atom. The average molecular weight is 220 g/mol. The van der Waals surface area contributed by atoms with Crippen LogP contribution < -0.4 is 11.1 Å². The van der Waals surface area contributed by atoms with Crippen LogP contribution in [0.1, 0.15) is 31.2 Å². The summed E-state index contributed by atoms with van der Waals surface area (Å²) in [7, 11) is 0. The van der Waals surface area contributed by atoms with Crippen molar-refractivity contribution < 1.29 is 5.11 Å². The predicted octanol–water partition coefficient (Wildman–Crippen LogP) is 1.66. The minimum atomic E-state index is -0.464. The lowest BCUT2D eigenvalue weighted by Gasteiger charge is -2.22. The third-order valence-corrected chi connectivity index (χ3v) is 3.30. The molecule has 0 saturated heterocycles. The lowest BCUT2D eigenvalue weighted by Crippen LogP contribution is -2.37. The number of nitrogens with two attached hydrogens (primary N) is 1. The number of aliphatic hydroxyl groups is 1. The zero-order valence-corrected chi connectivity index (χ0v) is 9.58. The van der Waals surface area contributed by atoms with E-state index in [0.29, 0.717) is 6.54 Å². The van der Waals surface area contributed by atoms with Crippen LogP contribution in [0.25, 0.3) is 0 Å². The van der Waals surface area contributed by atoms with Crippen LogP contribution >= 0.6 is 0 Å². The number of hydrogen-bond donors (Lipinski definition) is 3. The molecule has 1 aromatic carbocycles. The van der Waals surface area contributed by atoms with Gasteiger partial charge in [-0.25, -0.2) is 0 Å². The van der Waals surface area contributed by atoms with Crippen LogP contribution in [0.3, 0.4) is 0 Å². The van der Waals surface area contributed by atoms with E-state index >= 15 is 0 Å². The molecule has 0 amide bonds. The monoisotopic (exact) mass is 220 g/mol. The first-order chi connectivity index (χ1) is 7.68. The first-order valence-corrected chi connectivity index (χ1v) is 5.95. The molecule has 1 saturated carbocycles. The zero-order valence-electron chi connectivity index (χ0n) is 9.58. The van der Waals surface area contributed by atoms with Gasteiger partial charge < -0.3 is 16.2 Å². The lowest BCUT2D eigenvalue weighted by atomic mass is 10.0. The van der Waals surface area contributed by atoms with Crippen molar-refractivity contribution in [3.05, 3.63) is 29.8 Å². The highest BCUT2D eigenvalue weighted by atomic mass is 16.3. The maximum atomic E-state index is 10.1. The fourth-order valence-electron chi connectivity index (χ4n) is 2.28. The van der Waals surface area contributed by atoms with Gasteiger partial charge in [0.05, 0.1) is 5.60 Å². The molecule has 4 N–H and O–H groups in total. The van der Waals surface area contributed by atoms with Gasteiger partial charge in [-0.1, -0.05) is 25.0 Å². The van der Waals surface area contributed by atoms with Crippen molar-refractivity contribution in [2.24, 2.45) is 0 Å². The van der Waals surface area contributed by atoms with Gasteiger partial charge in [0.1, 0.15) is 0 Å². The number of nitrogens with one attached hydrogen (secondary N) is 1. The second-order valence-electron chi connectivity index (χ2n) is 4.78. The van der Waals surface area contributed by atoms with E-state index < -0.39 is 5.60 Å². The van der Waals surface area contributed by atoms with Crippen molar-refractivity contribution in [1.82, 2.24) is 5.32 Å². The van der Waals surface area contributed by atoms with Gasteiger partial charge in [0.15, 0.2) is 0 Å². The Kier molecular flexibility index (Phi) is 3.46. The van der Waals surface area contributed by atoms with Crippen molar-refractivity contribution in [3.8, 4) is 0 Å². The SMILES string of the molecule is Nc1ccc(CNCC2(O)CCCC2)cc1. The first-order valence-electron chi connectivity index (χ1n) is 5.95. The molecule has 0 atom stereocenters. The van der Waals surface area contributed by atoms with Gasteiger partial charge >= 0.3 is 0 Å². The van der Waals surface area contributed by atoms with Gasteiger partial charge in [-0.05, 0) is 30.5 Å². The van der Waals surface area contributed by atoms with Crippen LogP contribution in [0, 0.1) is 0 Å². The fraction of sp³-hybridized carbons (Fsp3) is 0.538. The summed E-state index contributed by atoms with van der Waals surface area (Å²) in [6.45, 7) is 1.49. The molecule has 0 spiro atoms. The van der Waals surface area contributed by atoms with Crippen molar-refractivity contribution in [3.63, 3.8) is 0 Å². The first kappa shape index (κ1) is 11.4. The Morgan fingerprint density at radius 2 is 1.81 bits per heavy atom. The molecule has 1 fully saturated rings. The molecule has 2 rings (SSSR count). The maximum Gasteiger partial charge on any atom is 0.0771 e. The highest BCUT2D eigenvalue weighted by Gasteiger charge is 2.30. The van der Waals surface area contributed by atoms with Crippen LogP contribution in [0.4, 0.5) is 5.69 Å². The number of benzene rings is 1. The summed E-state index contributed by atoms with van der Waals surface area (Å²) in [6, 6.07) is 7.84. The van der Waals surface area contributed by atoms with E-state index in [1.54, 1.807) is 0 Å². The van der Waals surface area contributed by atoms with Crippen LogP contribution in [-0.2, 0) is 6.54 Å². The van der Waals surface area contributed by atoms with E-state index in [4.69, 9.17) is 5.73 Å². The Hall–Kier alpha value is -1.06. The van der Waals surface area contributed by atoms with Crippen LogP contribution in [-0.4, -0.2) is 17.3 Å². The molecule has 16 heavy (non-hydrogen) atoms. The van der Waals surface area contributed by atoms with Gasteiger partial charge in [0.2, 0.25) is 0 Å². The largest absolute Gasteiger partial charge is 0.399 e. The van der Waals surface area contributed by atoms with Crippen molar-refractivity contribution in [2.75, 3.05) is 12.3 Å². The normalized spacial score (nSPS) is 18.8. The molecule has 88 valence electrons. The van der Waals surface area contributed by atoms with E-state index in [1.807, 2.05) is 24.3 Å². The molecular formula is C13H20N2O. The summed E-state index contributed by atoms with van der Waals surface area (Å²) in [6.07, 6.45) is 4.17. The van der Waals surface area contributed by atoms with E-state index in [-0.39, 0.29) is 0 Å². The van der Waals surface area contributed by atoms with E-state index in [2.05, 4.69) is 5.32 Å². The molecule has 3 nitrogen and oxygen atoms in total. The van der Waals surface area contributed by atoms with Crippen LogP contribution in [0.15, 0.2) is 24.3 Å². The summed E-state index contributed by atoms with van der Waals surface area (Å²) in [4.78, 5) is 0. The van der Waals surface area contributed by atoms with Gasteiger partial charge in [-0.3, -0.25) is 0 Å². The van der Waals surface area contributed by atoms with E-state index in [0.717, 1.165) is 37.9 Å². The number of rotatable bonds is 4. The number of anilines is 1. The molecule has 1 aliphatic rings. The van der Waals surface area contributed by atoms with Gasteiger partial charge in [-0.15, -0.1) is 0 Å². The van der Waals surface area contributed by atoms with Crippen LogP contribution in [0.2, 0.25) is 0 Å². The molecule has 0 radical (unpaired) electrons. The molecule has 0 heterocycles. The quantitative estimate of drug-likeness (QED) is 0.676. The molecular weight excluding hydrogens is 200 g/mol. The Balaban J connectivity index is 1.77. The zero-order chi connectivity index (χ0) is 11.4. The number of nitrogen functional groups attached to an aromatic ring is 1. The minimum Gasteiger partial charge on any atom is -0.399 e. The van der Waals surface area contributed by atoms with Gasteiger partial charge in [-0.2, -0.15) is 0 Å². The molecule has 0 aliphatic heterocycles. The second kappa shape index (κ2) is 4.85. The van der Waals surface area contributed by atoms with Crippen molar-refractivity contribution >= 4 is 5.69 Å². The molecule has 1 aromatic rings. The summed E-state index contributed by atoms with van der Waals surface area (Å²) in [5.41, 5.74) is 7.15. The third-order valence-electron chi connectivity index (χ3n) is 3.30. The Morgan fingerprint density at radius 3 is 2.44 bits per heavy atom. The molecule has 3 heteroatoms. The number of hydrogen-bond acceptors (Lipinski definition) is 3. The summed E-state index contributed by atoms with van der Waals surface area (Å²) in [5, 5.41) is 13.4. The third kappa shape index (κ3) is 2.97. The Labute approximate surface area is 96.7 Å². The van der Waals surface area contributed by atoms with Crippen LogP contribution in [0.5, 0.6) is 0 Å². The maximum absolute atomic E-state index is 10.1.